The minimum Gasteiger partial charge on any atom is -1.00 e. The molecule has 2 aromatic carbocycles. The fraction of sp³-hybridized carbons (Fsp3) is 0.464. The van der Waals surface area contributed by atoms with Crippen molar-refractivity contribution in [2.45, 2.75) is 86.5 Å². The second-order valence-electron chi connectivity index (χ2n) is 9.77. The van der Waals surface area contributed by atoms with Crippen LogP contribution in [0.15, 0.2) is 48.5 Å². The zero-order valence-corrected chi connectivity index (χ0v) is 25.0. The maximum atomic E-state index is 7.32. The normalized spacial score (nSPS) is 11.4. The number of imidazole rings is 2. The standard InChI is InChI=1S/C26H36N4P.C2H3N.BrH/c1-17(2)27-21-13-9-10-14-22(21)28(18(3)4)25(27)31-26-29(19(5)6)23-15-11-12-16-24(23)30(26)20(7)8;1-2-3;/h9-20H,1-8H3;1H3;1H/q+1;;/p-1. The largest absolute Gasteiger partial charge is 1.00 e. The smallest absolute Gasteiger partial charge is 0.311 e. The molecule has 0 bridgehead atoms. The Balaban J connectivity index is 0.00000103. The Morgan fingerprint density at radius 1 is 0.714 bits per heavy atom. The van der Waals surface area contributed by atoms with Gasteiger partial charge in [0, 0.05) is 19.0 Å². The molecular formula is C28H39BrN5P. The lowest BCUT2D eigenvalue weighted by Crippen LogP contribution is -3.00. The Labute approximate surface area is 222 Å². The maximum absolute atomic E-state index is 7.32. The van der Waals surface area contributed by atoms with Crippen LogP contribution in [0.5, 0.6) is 0 Å². The number of benzene rings is 2. The Bertz CT molecular complexity index is 1300. The van der Waals surface area contributed by atoms with E-state index in [4.69, 9.17) is 5.26 Å². The highest BCUT2D eigenvalue weighted by Gasteiger charge is 2.28. The molecule has 0 unspecified atom stereocenters. The molecule has 0 aliphatic carbocycles. The summed E-state index contributed by atoms with van der Waals surface area (Å²) in [7, 11) is 1.24. The number of fused-ring (bicyclic) bond motifs is 2. The van der Waals surface area contributed by atoms with Crippen LogP contribution in [0.25, 0.3) is 22.1 Å². The summed E-state index contributed by atoms with van der Waals surface area (Å²) in [5.74, 6) is 0. The van der Waals surface area contributed by atoms with Crippen LogP contribution in [0.1, 0.15) is 86.5 Å². The van der Waals surface area contributed by atoms with Gasteiger partial charge in [0.05, 0.1) is 37.4 Å². The van der Waals surface area contributed by atoms with Crippen molar-refractivity contribution in [1.29, 1.82) is 5.26 Å². The van der Waals surface area contributed by atoms with Gasteiger partial charge in [-0.05, 0) is 79.7 Å². The van der Waals surface area contributed by atoms with Crippen molar-refractivity contribution in [3.05, 3.63) is 53.7 Å². The van der Waals surface area contributed by atoms with E-state index in [1.807, 2.05) is 0 Å². The third kappa shape index (κ3) is 5.42. The summed E-state index contributed by atoms with van der Waals surface area (Å²) in [6, 6.07) is 21.0. The predicted octanol–water partition coefficient (Wildman–Crippen LogP) is 4.35. The average molecular weight is 557 g/mol. The van der Waals surface area contributed by atoms with Gasteiger partial charge in [-0.2, -0.15) is 5.26 Å². The van der Waals surface area contributed by atoms with E-state index in [2.05, 4.69) is 122 Å². The third-order valence-electron chi connectivity index (χ3n) is 5.93. The molecule has 0 aliphatic rings. The summed E-state index contributed by atoms with van der Waals surface area (Å²) < 4.78 is 10.1. The number of nitriles is 1. The Morgan fingerprint density at radius 2 is 1.11 bits per heavy atom. The van der Waals surface area contributed by atoms with Gasteiger partial charge >= 0.3 is 5.57 Å². The zero-order chi connectivity index (χ0) is 25.2. The van der Waals surface area contributed by atoms with Crippen LogP contribution in [0.3, 0.4) is 0 Å². The van der Waals surface area contributed by atoms with E-state index < -0.39 is 0 Å². The van der Waals surface area contributed by atoms with Crippen LogP contribution in [0.2, 0.25) is 0 Å². The first kappa shape index (κ1) is 28.9. The van der Waals surface area contributed by atoms with Crippen molar-refractivity contribution >= 4 is 35.8 Å². The van der Waals surface area contributed by atoms with Crippen LogP contribution >= 0.6 is 8.20 Å². The van der Waals surface area contributed by atoms with Gasteiger partial charge in [-0.25, -0.2) is 9.13 Å². The highest BCUT2D eigenvalue weighted by atomic mass is 79.9. The topological polar surface area (TPSA) is 42.5 Å². The van der Waals surface area contributed by atoms with E-state index in [9.17, 15) is 0 Å². The second kappa shape index (κ2) is 12.1. The molecular weight excluding hydrogens is 517 g/mol. The van der Waals surface area contributed by atoms with Gasteiger partial charge in [-0.3, -0.25) is 0 Å². The summed E-state index contributed by atoms with van der Waals surface area (Å²) >= 11 is 0. The van der Waals surface area contributed by atoms with Crippen LogP contribution in [-0.2, 0) is 0 Å². The summed E-state index contributed by atoms with van der Waals surface area (Å²) in [6.45, 7) is 19.8. The van der Waals surface area contributed by atoms with Gasteiger partial charge in [0.15, 0.2) is 11.0 Å². The molecule has 4 rings (SSSR count). The zero-order valence-electron chi connectivity index (χ0n) is 22.5. The molecule has 0 N–H and O–H groups in total. The van der Waals surface area contributed by atoms with Crippen LogP contribution in [0, 0.1) is 16.5 Å². The monoisotopic (exact) mass is 555 g/mol. The van der Waals surface area contributed by atoms with E-state index in [1.165, 1.54) is 48.0 Å². The summed E-state index contributed by atoms with van der Waals surface area (Å²) in [5.41, 5.74) is 6.62. The summed E-state index contributed by atoms with van der Waals surface area (Å²) in [4.78, 5) is 0. The van der Waals surface area contributed by atoms with E-state index in [-0.39, 0.29) is 17.0 Å². The minimum atomic E-state index is 0. The third-order valence-corrected chi connectivity index (χ3v) is 7.19. The van der Waals surface area contributed by atoms with Crippen molar-refractivity contribution in [2.24, 2.45) is 0 Å². The number of para-hydroxylation sites is 4. The molecule has 35 heavy (non-hydrogen) atoms. The lowest BCUT2D eigenvalue weighted by atomic mass is 10.3. The molecule has 188 valence electrons. The van der Waals surface area contributed by atoms with Crippen LogP contribution in [0.4, 0.5) is 0 Å². The predicted molar refractivity (Wildman–Crippen MR) is 145 cm³/mol. The minimum absolute atomic E-state index is 0. The number of rotatable bonds is 5. The van der Waals surface area contributed by atoms with E-state index in [0.717, 1.165) is 0 Å². The quantitative estimate of drug-likeness (QED) is 0.266. The van der Waals surface area contributed by atoms with Crippen molar-refractivity contribution in [1.82, 2.24) is 13.7 Å². The van der Waals surface area contributed by atoms with Crippen molar-refractivity contribution in [2.75, 3.05) is 0 Å². The maximum Gasteiger partial charge on any atom is 0.311 e. The van der Waals surface area contributed by atoms with Crippen LogP contribution in [-0.4, -0.2) is 13.7 Å². The van der Waals surface area contributed by atoms with Crippen molar-refractivity contribution in [3.63, 3.8) is 0 Å². The lowest BCUT2D eigenvalue weighted by molar-refractivity contribution is -0.674. The molecule has 7 heteroatoms. The number of aromatic nitrogens is 4. The molecule has 2 heterocycles. The van der Waals surface area contributed by atoms with Gasteiger partial charge in [-0.15, -0.1) is 0 Å². The fourth-order valence-electron chi connectivity index (χ4n) is 4.75. The van der Waals surface area contributed by atoms with Gasteiger partial charge in [0.25, 0.3) is 0 Å². The molecule has 0 radical (unpaired) electrons. The second-order valence-corrected chi connectivity index (χ2v) is 10.8. The first-order valence-corrected chi connectivity index (χ1v) is 13.2. The molecule has 4 aromatic rings. The van der Waals surface area contributed by atoms with Gasteiger partial charge < -0.3 is 26.1 Å². The molecule has 0 fully saturated rings. The van der Waals surface area contributed by atoms with E-state index >= 15 is 0 Å². The molecule has 0 amide bonds. The molecule has 0 aliphatic heterocycles. The average Bonchev–Trinajstić information content (AvgIpc) is 3.26. The first-order chi connectivity index (χ1) is 16.1. The van der Waals surface area contributed by atoms with E-state index in [1.54, 1.807) is 6.07 Å². The van der Waals surface area contributed by atoms with Gasteiger partial charge in [-0.1, -0.05) is 24.3 Å². The fourth-order valence-corrected chi connectivity index (χ4v) is 6.71. The summed E-state index contributed by atoms with van der Waals surface area (Å²) in [6.07, 6.45) is 0. The van der Waals surface area contributed by atoms with Crippen molar-refractivity contribution in [3.8, 4) is 6.07 Å². The number of hydrogen-bond donors (Lipinski definition) is 0. The highest BCUT2D eigenvalue weighted by molar-refractivity contribution is 7.37. The first-order valence-electron chi connectivity index (χ1n) is 12.3. The van der Waals surface area contributed by atoms with Crippen molar-refractivity contribution < 1.29 is 21.5 Å². The molecule has 0 saturated heterocycles. The number of halogens is 1. The molecule has 2 aromatic heterocycles. The van der Waals surface area contributed by atoms with Gasteiger partial charge in [0.2, 0.25) is 0 Å². The Kier molecular flexibility index (Phi) is 9.95. The Morgan fingerprint density at radius 3 is 1.51 bits per heavy atom. The molecule has 0 saturated carbocycles. The number of hydrogen-bond acceptors (Lipinski definition) is 1. The van der Waals surface area contributed by atoms with Crippen LogP contribution < -0.4 is 27.1 Å². The van der Waals surface area contributed by atoms with Gasteiger partial charge in [0.1, 0.15) is 5.20 Å². The molecule has 0 spiro atoms. The van der Waals surface area contributed by atoms with E-state index in [0.29, 0.717) is 24.2 Å². The Hall–Kier alpha value is -2.35. The SMILES string of the molecule is CC#N.CC(C)n1c(P=c2n(C(C)C)c3ccccc3n2C(C)C)[n+](C(C)C)c2ccccc21.[Br-]. The lowest BCUT2D eigenvalue weighted by Gasteiger charge is -2.13. The highest BCUT2D eigenvalue weighted by Crippen LogP contribution is 2.29. The summed E-state index contributed by atoms with van der Waals surface area (Å²) in [5, 5.41) is 8.67. The molecule has 0 atom stereocenters. The number of nitrogens with zero attached hydrogens (tertiary/aromatic N) is 5. The molecule has 5 nitrogen and oxygen atoms in total.